The van der Waals surface area contributed by atoms with Crippen LogP contribution >= 0.6 is 0 Å². The van der Waals surface area contributed by atoms with Crippen LogP contribution in [0.5, 0.6) is 0 Å². The van der Waals surface area contributed by atoms with Crippen molar-refractivity contribution in [1.82, 2.24) is 29.9 Å². The lowest BCUT2D eigenvalue weighted by Crippen LogP contribution is -2.15. The number of H-pyrrole nitrogens is 1. The summed E-state index contributed by atoms with van der Waals surface area (Å²) in [7, 11) is 0. The molecule has 0 saturated heterocycles. The van der Waals surface area contributed by atoms with E-state index in [0.717, 1.165) is 5.56 Å². The number of aromatic nitrogens is 6. The van der Waals surface area contributed by atoms with E-state index >= 15 is 4.39 Å². The molecule has 0 spiro atoms. The van der Waals surface area contributed by atoms with Crippen molar-refractivity contribution >= 4 is 27.8 Å². The lowest BCUT2D eigenvalue weighted by Gasteiger charge is -2.22. The minimum absolute atomic E-state index is 0.219. The number of pyridine rings is 4. The second-order valence-corrected chi connectivity index (χ2v) is 8.47. The molecule has 9 heteroatoms. The van der Waals surface area contributed by atoms with Crippen molar-refractivity contribution in [3.8, 4) is 22.5 Å². The number of aromatic amines is 1. The zero-order valence-electron chi connectivity index (χ0n) is 19.7. The Balaban J connectivity index is 1.64. The Kier molecular flexibility index (Phi) is 5.57. The van der Waals surface area contributed by atoms with Crippen LogP contribution in [-0.4, -0.2) is 29.9 Å². The minimum Gasteiger partial charge on any atom is -0.361 e. The van der Waals surface area contributed by atoms with Crippen LogP contribution in [0.15, 0.2) is 90.4 Å². The molecule has 0 radical (unpaired) electrons. The number of rotatable bonds is 5. The third kappa shape index (κ3) is 3.96. The second-order valence-electron chi connectivity index (χ2n) is 8.47. The van der Waals surface area contributed by atoms with Crippen LogP contribution < -0.4 is 10.7 Å². The molecule has 6 aromatic rings. The molecule has 0 amide bonds. The number of hydrogen-bond donors (Lipinski definition) is 2. The van der Waals surface area contributed by atoms with Gasteiger partial charge in [-0.05, 0) is 37.3 Å². The molecule has 0 bridgehead atoms. The molecule has 6 rings (SSSR count). The monoisotopic (exact) mass is 489 g/mol. The number of fused-ring (bicyclic) bond motifs is 2. The molecule has 8 nitrogen and oxygen atoms in total. The molecule has 2 N–H and O–H groups in total. The highest BCUT2D eigenvalue weighted by Crippen LogP contribution is 2.41. The van der Waals surface area contributed by atoms with E-state index in [1.165, 1.54) is 24.7 Å². The fourth-order valence-electron chi connectivity index (χ4n) is 4.52. The van der Waals surface area contributed by atoms with E-state index in [2.05, 4.69) is 30.2 Å². The van der Waals surface area contributed by atoms with E-state index < -0.39 is 11.9 Å². The number of anilines is 1. The molecule has 37 heavy (non-hydrogen) atoms. The highest BCUT2D eigenvalue weighted by molar-refractivity contribution is 6.02. The number of para-hydroxylation sites is 1. The Morgan fingerprint density at radius 2 is 1.62 bits per heavy atom. The Bertz CT molecular complexity index is 1800. The number of benzene rings is 1. The lowest BCUT2D eigenvalue weighted by molar-refractivity contribution is 0.636. The van der Waals surface area contributed by atoms with Crippen LogP contribution in [0.4, 0.5) is 10.2 Å². The normalized spacial score (nSPS) is 12.1. The third-order valence-electron chi connectivity index (χ3n) is 6.15. The number of hydrogen-bond acceptors (Lipinski definition) is 7. The van der Waals surface area contributed by atoms with Crippen LogP contribution in [0.3, 0.4) is 0 Å². The maximum Gasteiger partial charge on any atom is 0.194 e. The van der Waals surface area contributed by atoms with Crippen molar-refractivity contribution in [2.75, 3.05) is 5.32 Å². The van der Waals surface area contributed by atoms with Gasteiger partial charge in [0.1, 0.15) is 34.5 Å². The molecule has 0 aliphatic rings. The summed E-state index contributed by atoms with van der Waals surface area (Å²) >= 11 is 0. The molecule has 180 valence electrons. The van der Waals surface area contributed by atoms with E-state index in [1.54, 1.807) is 18.5 Å². The predicted molar refractivity (Wildman–Crippen MR) is 140 cm³/mol. The molecule has 0 saturated carbocycles. The Labute approximate surface area is 210 Å². The number of halogens is 1. The first-order valence-electron chi connectivity index (χ1n) is 11.7. The molecule has 5 heterocycles. The SMILES string of the molecule is CC(Nc1ncnc2[nH]ccc(=O)c12)c1nc2c(F)cccc2c(-c2ccccn2)c1-c1ccccn1. The van der Waals surface area contributed by atoms with Crippen molar-refractivity contribution in [3.63, 3.8) is 0 Å². The van der Waals surface area contributed by atoms with Gasteiger partial charge in [0.2, 0.25) is 0 Å². The Morgan fingerprint density at radius 1 is 0.865 bits per heavy atom. The van der Waals surface area contributed by atoms with Crippen molar-refractivity contribution in [3.05, 3.63) is 107 Å². The molecule has 0 aliphatic heterocycles. The van der Waals surface area contributed by atoms with Gasteiger partial charge in [-0.25, -0.2) is 19.3 Å². The largest absolute Gasteiger partial charge is 0.361 e. The first kappa shape index (κ1) is 22.4. The average Bonchev–Trinajstić information content (AvgIpc) is 2.93. The van der Waals surface area contributed by atoms with E-state index in [4.69, 9.17) is 4.98 Å². The van der Waals surface area contributed by atoms with E-state index in [0.29, 0.717) is 44.9 Å². The van der Waals surface area contributed by atoms with Gasteiger partial charge in [0.05, 0.1) is 23.1 Å². The van der Waals surface area contributed by atoms with Gasteiger partial charge in [0.15, 0.2) is 5.43 Å². The van der Waals surface area contributed by atoms with E-state index in [9.17, 15) is 4.79 Å². The van der Waals surface area contributed by atoms with Gasteiger partial charge in [-0.1, -0.05) is 24.3 Å². The fourth-order valence-corrected chi connectivity index (χ4v) is 4.52. The summed E-state index contributed by atoms with van der Waals surface area (Å²) in [6.45, 7) is 1.88. The number of nitrogens with one attached hydrogen (secondary N) is 2. The quantitative estimate of drug-likeness (QED) is 0.338. The van der Waals surface area contributed by atoms with Gasteiger partial charge in [0.25, 0.3) is 0 Å². The summed E-state index contributed by atoms with van der Waals surface area (Å²) in [5.41, 5.74) is 3.71. The summed E-state index contributed by atoms with van der Waals surface area (Å²) in [6, 6.07) is 17.0. The predicted octanol–water partition coefficient (Wildman–Crippen LogP) is 5.30. The zero-order valence-corrected chi connectivity index (χ0v) is 19.7. The first-order chi connectivity index (χ1) is 18.1. The molecule has 1 aromatic carbocycles. The molecular formula is C28H20FN7O. The summed E-state index contributed by atoms with van der Waals surface area (Å²) in [5, 5.41) is 4.26. The van der Waals surface area contributed by atoms with Gasteiger partial charge in [-0.3, -0.25) is 14.8 Å². The third-order valence-corrected chi connectivity index (χ3v) is 6.15. The Morgan fingerprint density at radius 3 is 2.35 bits per heavy atom. The highest BCUT2D eigenvalue weighted by Gasteiger charge is 2.25. The van der Waals surface area contributed by atoms with Crippen molar-refractivity contribution in [2.24, 2.45) is 0 Å². The number of nitrogens with zero attached hydrogens (tertiary/aromatic N) is 5. The standard InChI is InChI=1S/C28H20FN7O/c1-16(35-28-24-21(37)11-14-32-27(24)33-15-34-28)25-23(20-10-3-5-13-31-20)22(19-9-2-4-12-30-19)17-7-6-8-18(29)26(17)36-25/h2-16H,1H3,(H2,32,33,34,35,37). The highest BCUT2D eigenvalue weighted by atomic mass is 19.1. The zero-order chi connectivity index (χ0) is 25.4. The maximum absolute atomic E-state index is 15.2. The van der Waals surface area contributed by atoms with Gasteiger partial charge >= 0.3 is 0 Å². The van der Waals surface area contributed by atoms with Crippen LogP contribution in [0, 0.1) is 5.82 Å². The Hall–Kier alpha value is -5.05. The molecule has 1 unspecified atom stereocenters. The molecule has 0 fully saturated rings. The molecule has 5 aromatic heterocycles. The lowest BCUT2D eigenvalue weighted by atomic mass is 9.92. The van der Waals surface area contributed by atoms with Crippen LogP contribution in [-0.2, 0) is 0 Å². The molecular weight excluding hydrogens is 469 g/mol. The smallest absolute Gasteiger partial charge is 0.194 e. The van der Waals surface area contributed by atoms with Crippen LogP contribution in [0.1, 0.15) is 18.7 Å². The van der Waals surface area contributed by atoms with Crippen LogP contribution in [0.2, 0.25) is 0 Å². The van der Waals surface area contributed by atoms with E-state index in [1.807, 2.05) is 49.4 Å². The molecule has 1 atom stereocenters. The van der Waals surface area contributed by atoms with E-state index in [-0.39, 0.29) is 10.9 Å². The topological polar surface area (TPSA) is 109 Å². The average molecular weight is 490 g/mol. The first-order valence-corrected chi connectivity index (χ1v) is 11.7. The van der Waals surface area contributed by atoms with Gasteiger partial charge in [-0.15, -0.1) is 0 Å². The summed E-state index contributed by atoms with van der Waals surface area (Å²) in [4.78, 5) is 38.1. The van der Waals surface area contributed by atoms with Crippen molar-refractivity contribution in [2.45, 2.75) is 13.0 Å². The minimum atomic E-state index is -0.499. The van der Waals surface area contributed by atoms with Crippen LogP contribution in [0.25, 0.3) is 44.5 Å². The van der Waals surface area contributed by atoms with Crippen molar-refractivity contribution in [1.29, 1.82) is 0 Å². The fraction of sp³-hybridized carbons (Fsp3) is 0.0714. The van der Waals surface area contributed by atoms with Crippen molar-refractivity contribution < 1.29 is 4.39 Å². The summed E-state index contributed by atoms with van der Waals surface area (Å²) < 4.78 is 15.2. The van der Waals surface area contributed by atoms with Gasteiger partial charge in [-0.2, -0.15) is 0 Å². The molecule has 0 aliphatic carbocycles. The summed E-state index contributed by atoms with van der Waals surface area (Å²) in [5.74, 6) is -0.0965. The summed E-state index contributed by atoms with van der Waals surface area (Å²) in [6.07, 6.45) is 6.31. The van der Waals surface area contributed by atoms with Gasteiger partial charge < -0.3 is 10.3 Å². The second kappa shape index (κ2) is 9.19. The maximum atomic E-state index is 15.2. The van der Waals surface area contributed by atoms with Gasteiger partial charge in [0, 0.05) is 41.2 Å².